The van der Waals surface area contributed by atoms with Crippen molar-refractivity contribution in [2.75, 3.05) is 36.4 Å². The van der Waals surface area contributed by atoms with Crippen molar-refractivity contribution in [1.29, 1.82) is 0 Å². The van der Waals surface area contributed by atoms with Gasteiger partial charge in [0, 0.05) is 44.8 Å². The SMILES string of the molecule is CCN(CC)c1ccc(S(=O)(=O)N2CCCCC2)cc1NC(=O)c1ccc(-n2cccn2)nc1. The second-order valence-corrected chi connectivity index (χ2v) is 10.1. The second-order valence-electron chi connectivity index (χ2n) is 8.13. The van der Waals surface area contributed by atoms with Gasteiger partial charge in [0.05, 0.1) is 21.8 Å². The van der Waals surface area contributed by atoms with E-state index in [4.69, 9.17) is 0 Å². The van der Waals surface area contributed by atoms with Gasteiger partial charge in [0.15, 0.2) is 5.82 Å². The van der Waals surface area contributed by atoms with E-state index in [9.17, 15) is 13.2 Å². The van der Waals surface area contributed by atoms with Gasteiger partial charge in [0.25, 0.3) is 5.91 Å². The highest BCUT2D eigenvalue weighted by molar-refractivity contribution is 7.89. The lowest BCUT2D eigenvalue weighted by atomic mass is 10.2. The van der Waals surface area contributed by atoms with Crippen LogP contribution in [0, 0.1) is 0 Å². The van der Waals surface area contributed by atoms with E-state index in [2.05, 4.69) is 20.3 Å². The number of nitrogens with zero attached hydrogens (tertiary/aromatic N) is 5. The van der Waals surface area contributed by atoms with Gasteiger partial charge in [-0.3, -0.25) is 4.79 Å². The Morgan fingerprint density at radius 3 is 2.47 bits per heavy atom. The van der Waals surface area contributed by atoms with Gasteiger partial charge in [-0.15, -0.1) is 0 Å². The van der Waals surface area contributed by atoms with Crippen LogP contribution in [0.1, 0.15) is 43.5 Å². The summed E-state index contributed by atoms with van der Waals surface area (Å²) in [5.41, 5.74) is 1.60. The molecular formula is C24H30N6O3S. The molecule has 4 rings (SSSR count). The number of hydrogen-bond acceptors (Lipinski definition) is 6. The maximum Gasteiger partial charge on any atom is 0.257 e. The predicted molar refractivity (Wildman–Crippen MR) is 132 cm³/mol. The van der Waals surface area contributed by atoms with Gasteiger partial charge < -0.3 is 10.2 Å². The van der Waals surface area contributed by atoms with Crippen LogP contribution in [-0.4, -0.2) is 59.6 Å². The topological polar surface area (TPSA) is 100 Å². The fourth-order valence-electron chi connectivity index (χ4n) is 4.12. The first-order valence-electron chi connectivity index (χ1n) is 11.6. The van der Waals surface area contributed by atoms with Crippen LogP contribution < -0.4 is 10.2 Å². The molecule has 1 aliphatic heterocycles. The molecule has 3 aromatic rings. The molecular weight excluding hydrogens is 452 g/mol. The van der Waals surface area contributed by atoms with Gasteiger partial charge in [-0.25, -0.2) is 18.1 Å². The largest absolute Gasteiger partial charge is 0.370 e. The Balaban J connectivity index is 1.64. The van der Waals surface area contributed by atoms with E-state index in [1.165, 1.54) is 10.5 Å². The van der Waals surface area contributed by atoms with Crippen LogP contribution in [0.4, 0.5) is 11.4 Å². The molecule has 34 heavy (non-hydrogen) atoms. The molecule has 0 unspecified atom stereocenters. The fourth-order valence-corrected chi connectivity index (χ4v) is 5.67. The number of amides is 1. The molecule has 9 nitrogen and oxygen atoms in total. The molecule has 1 aromatic carbocycles. The predicted octanol–water partition coefficient (Wildman–Crippen LogP) is 3.54. The van der Waals surface area contributed by atoms with Crippen molar-refractivity contribution >= 4 is 27.3 Å². The van der Waals surface area contributed by atoms with E-state index < -0.39 is 10.0 Å². The summed E-state index contributed by atoms with van der Waals surface area (Å²) in [4.78, 5) is 19.7. The van der Waals surface area contributed by atoms with Crippen LogP contribution in [0.2, 0.25) is 0 Å². The van der Waals surface area contributed by atoms with Gasteiger partial charge >= 0.3 is 0 Å². The van der Waals surface area contributed by atoms with Crippen molar-refractivity contribution in [2.45, 2.75) is 38.0 Å². The molecule has 1 N–H and O–H groups in total. The van der Waals surface area contributed by atoms with E-state index in [1.807, 2.05) is 13.8 Å². The number of aromatic nitrogens is 3. The fraction of sp³-hybridized carbons (Fsp3) is 0.375. The molecule has 0 aliphatic carbocycles. The molecule has 3 heterocycles. The zero-order valence-electron chi connectivity index (χ0n) is 19.5. The van der Waals surface area contributed by atoms with Crippen LogP contribution in [0.3, 0.4) is 0 Å². The molecule has 1 aliphatic rings. The number of benzene rings is 1. The number of hydrogen-bond donors (Lipinski definition) is 1. The molecule has 0 bridgehead atoms. The van der Waals surface area contributed by atoms with E-state index in [1.54, 1.807) is 53.5 Å². The molecule has 0 saturated carbocycles. The summed E-state index contributed by atoms with van der Waals surface area (Å²) in [5.74, 6) is 0.237. The van der Waals surface area contributed by atoms with Gasteiger partial charge in [0.1, 0.15) is 0 Å². The third-order valence-corrected chi connectivity index (χ3v) is 7.92. The Morgan fingerprint density at radius 2 is 1.85 bits per heavy atom. The lowest BCUT2D eigenvalue weighted by Gasteiger charge is -2.28. The van der Waals surface area contributed by atoms with Crippen molar-refractivity contribution < 1.29 is 13.2 Å². The van der Waals surface area contributed by atoms with Crippen molar-refractivity contribution in [3.8, 4) is 5.82 Å². The first-order valence-corrected chi connectivity index (χ1v) is 13.0. The highest BCUT2D eigenvalue weighted by Crippen LogP contribution is 2.31. The summed E-state index contributed by atoms with van der Waals surface area (Å²) in [7, 11) is -3.63. The lowest BCUT2D eigenvalue weighted by Crippen LogP contribution is -2.35. The summed E-state index contributed by atoms with van der Waals surface area (Å²) in [6.45, 7) is 6.53. The molecule has 0 spiro atoms. The summed E-state index contributed by atoms with van der Waals surface area (Å²) >= 11 is 0. The molecule has 0 radical (unpaired) electrons. The van der Waals surface area contributed by atoms with E-state index in [-0.39, 0.29) is 10.8 Å². The Bertz CT molecular complexity index is 1220. The zero-order valence-corrected chi connectivity index (χ0v) is 20.3. The lowest BCUT2D eigenvalue weighted by molar-refractivity contribution is 0.102. The summed E-state index contributed by atoms with van der Waals surface area (Å²) in [6, 6.07) is 10.2. The maximum atomic E-state index is 13.2. The highest BCUT2D eigenvalue weighted by atomic mass is 32.2. The van der Waals surface area contributed by atoms with Gasteiger partial charge in [-0.2, -0.15) is 9.40 Å². The Kier molecular flexibility index (Phi) is 7.28. The number of piperidine rings is 1. The number of carbonyl (C=O) groups is 1. The monoisotopic (exact) mass is 482 g/mol. The van der Waals surface area contributed by atoms with Crippen LogP contribution >= 0.6 is 0 Å². The number of nitrogens with one attached hydrogen (secondary N) is 1. The van der Waals surface area contributed by atoms with Gasteiger partial charge in [-0.1, -0.05) is 6.42 Å². The smallest absolute Gasteiger partial charge is 0.257 e. The molecule has 0 atom stereocenters. The minimum atomic E-state index is -3.63. The average Bonchev–Trinajstić information content (AvgIpc) is 3.41. The van der Waals surface area contributed by atoms with Crippen molar-refractivity contribution in [1.82, 2.24) is 19.1 Å². The third-order valence-electron chi connectivity index (χ3n) is 6.02. The summed E-state index contributed by atoms with van der Waals surface area (Å²) < 4.78 is 29.6. The van der Waals surface area contributed by atoms with E-state index in [0.29, 0.717) is 30.2 Å². The molecule has 1 saturated heterocycles. The number of anilines is 2. The summed E-state index contributed by atoms with van der Waals surface area (Å²) in [6.07, 6.45) is 7.68. The first kappa shape index (κ1) is 23.9. The molecule has 180 valence electrons. The molecule has 1 amide bonds. The first-order chi connectivity index (χ1) is 16.4. The Labute approximate surface area is 200 Å². The van der Waals surface area contributed by atoms with Crippen LogP contribution in [0.5, 0.6) is 0 Å². The van der Waals surface area contributed by atoms with Crippen molar-refractivity contribution in [3.63, 3.8) is 0 Å². The third kappa shape index (κ3) is 4.97. The van der Waals surface area contributed by atoms with Crippen LogP contribution in [0.15, 0.2) is 59.9 Å². The molecule has 1 fully saturated rings. The number of rotatable bonds is 8. The van der Waals surface area contributed by atoms with Crippen LogP contribution in [-0.2, 0) is 10.0 Å². The quantitative estimate of drug-likeness (QED) is 0.527. The van der Waals surface area contributed by atoms with Crippen molar-refractivity contribution in [2.24, 2.45) is 0 Å². The molecule has 10 heteroatoms. The summed E-state index contributed by atoms with van der Waals surface area (Å²) in [5, 5.41) is 7.06. The van der Waals surface area contributed by atoms with Crippen molar-refractivity contribution in [3.05, 3.63) is 60.6 Å². The van der Waals surface area contributed by atoms with Gasteiger partial charge in [-0.05, 0) is 63.1 Å². The number of carbonyl (C=O) groups excluding carboxylic acids is 1. The highest BCUT2D eigenvalue weighted by Gasteiger charge is 2.27. The average molecular weight is 483 g/mol. The standard InChI is InChI=1S/C24H30N6O3S/c1-3-28(4-2)22-11-10-20(34(32,33)29-14-6-5-7-15-29)17-21(22)27-24(31)19-9-12-23(25-18-19)30-16-8-13-26-30/h8-13,16-18H,3-7,14-15H2,1-2H3,(H,27,31). The second kappa shape index (κ2) is 10.4. The van der Waals surface area contributed by atoms with E-state index in [0.717, 1.165) is 38.0 Å². The Hall–Kier alpha value is -3.24. The maximum absolute atomic E-state index is 13.2. The minimum Gasteiger partial charge on any atom is -0.370 e. The number of sulfonamides is 1. The van der Waals surface area contributed by atoms with Crippen LogP contribution in [0.25, 0.3) is 5.82 Å². The van der Waals surface area contributed by atoms with E-state index >= 15 is 0 Å². The minimum absolute atomic E-state index is 0.188. The molecule has 2 aromatic heterocycles. The Morgan fingerprint density at radius 1 is 1.09 bits per heavy atom. The number of pyridine rings is 1. The zero-order chi connectivity index (χ0) is 24.1. The van der Waals surface area contributed by atoms with Gasteiger partial charge in [0.2, 0.25) is 10.0 Å². The normalized spacial score (nSPS) is 14.6.